The van der Waals surface area contributed by atoms with Gasteiger partial charge in [0.1, 0.15) is 39.5 Å². The maximum absolute atomic E-state index is 10.5. The number of rotatable bonds is 9. The molecule has 60 heavy (non-hydrogen) atoms. The third-order valence-electron chi connectivity index (χ3n) is 11.3. The number of fused-ring (bicyclic) bond motifs is 2. The highest BCUT2D eigenvalue weighted by molar-refractivity contribution is 7.99. The summed E-state index contributed by atoms with van der Waals surface area (Å²) in [6.45, 7) is 7.89. The first-order valence-electron chi connectivity index (χ1n) is 20.1. The van der Waals surface area contributed by atoms with Crippen molar-refractivity contribution in [3.05, 3.63) is 115 Å². The number of aryl methyl sites for hydroxylation is 2. The molecule has 0 bridgehead atoms. The molecule has 10 heterocycles. The molecule has 0 radical (unpaired) electrons. The second-order valence-electron chi connectivity index (χ2n) is 15.4. The Morgan fingerprint density at radius 2 is 1.42 bits per heavy atom. The summed E-state index contributed by atoms with van der Waals surface area (Å²) in [5.74, 6) is 0. The van der Waals surface area contributed by atoms with Crippen molar-refractivity contribution < 1.29 is 4.68 Å². The Balaban J connectivity index is 1.03. The molecule has 16 heteroatoms. The van der Waals surface area contributed by atoms with Gasteiger partial charge in [0.2, 0.25) is 6.20 Å². The van der Waals surface area contributed by atoms with Crippen LogP contribution >= 0.6 is 23.5 Å². The van der Waals surface area contributed by atoms with Crippen molar-refractivity contribution in [2.24, 2.45) is 0 Å². The number of nitrogens with zero attached hydrogens (tertiary/aromatic N) is 12. The quantitative estimate of drug-likeness (QED) is 0.146. The Labute approximate surface area is 354 Å². The van der Waals surface area contributed by atoms with Crippen molar-refractivity contribution in [1.29, 1.82) is 10.5 Å². The summed E-state index contributed by atoms with van der Waals surface area (Å²) >= 11 is 3.05. The number of hydrogen-bond acceptors (Lipinski definition) is 11. The zero-order valence-corrected chi connectivity index (χ0v) is 34.8. The van der Waals surface area contributed by atoms with Gasteiger partial charge in [-0.15, -0.1) is 4.52 Å². The average Bonchev–Trinajstić information content (AvgIpc) is 4.11. The third kappa shape index (κ3) is 7.22. The molecule has 0 aromatic carbocycles. The molecular weight excluding hydrogens is 789 g/mol. The maximum atomic E-state index is 10.5. The standard InChI is InChI=1S/C44H41N14S2/c1-28-12-38(22-49-44(28)60-39-13-30(23-56-42(39)32(15-45)17-52-56)34-18-50-54(24-34)36-7-4-10-47-20-36)57-27-33(16-46)43-40(59-41-9-3-6-29(2)53-41)14-31(26-58(43)57)35-19-51-55(25-35)37-8-5-11-48-21-37/h3,6,9,12-14,17-19,22-27,36-37,47-48H,4-5,7-8,10-11,20-21H2,1-2H3/q+1/t36-,37-/m0/s1. The van der Waals surface area contributed by atoms with Gasteiger partial charge in [-0.1, -0.05) is 34.3 Å². The molecule has 2 atom stereocenters. The van der Waals surface area contributed by atoms with Crippen LogP contribution in [0.2, 0.25) is 0 Å². The number of hydrogen-bond donors (Lipinski definition) is 2. The van der Waals surface area contributed by atoms with Gasteiger partial charge in [-0.25, -0.2) is 14.5 Å². The second kappa shape index (κ2) is 16.0. The molecule has 14 nitrogen and oxygen atoms in total. The molecule has 8 aromatic rings. The van der Waals surface area contributed by atoms with E-state index in [1.54, 1.807) is 22.5 Å². The number of nitriles is 2. The normalized spacial score (nSPS) is 16.9. The van der Waals surface area contributed by atoms with Gasteiger partial charge in [0.15, 0.2) is 0 Å². The van der Waals surface area contributed by atoms with Crippen LogP contribution in [0.25, 0.3) is 39.0 Å². The summed E-state index contributed by atoms with van der Waals surface area (Å²) in [5.41, 5.74) is 9.09. The van der Waals surface area contributed by atoms with Gasteiger partial charge >= 0.3 is 0 Å². The first kappa shape index (κ1) is 37.9. The minimum absolute atomic E-state index is 0.302. The van der Waals surface area contributed by atoms with E-state index in [4.69, 9.17) is 20.2 Å². The van der Waals surface area contributed by atoms with Crippen molar-refractivity contribution in [2.75, 3.05) is 26.2 Å². The molecule has 2 fully saturated rings. The molecule has 0 saturated carbocycles. The fourth-order valence-corrected chi connectivity index (χ4v) is 10.3. The molecule has 2 aliphatic rings. The van der Waals surface area contributed by atoms with E-state index in [1.807, 2.05) is 72.2 Å². The Kier molecular flexibility index (Phi) is 10.1. The highest BCUT2D eigenvalue weighted by Crippen LogP contribution is 2.38. The molecule has 0 spiro atoms. The van der Waals surface area contributed by atoms with E-state index >= 15 is 0 Å². The maximum Gasteiger partial charge on any atom is 0.254 e. The minimum Gasteiger partial charge on any atom is -0.315 e. The Morgan fingerprint density at radius 1 is 0.733 bits per heavy atom. The zero-order valence-electron chi connectivity index (χ0n) is 33.2. The lowest BCUT2D eigenvalue weighted by Gasteiger charge is -2.22. The van der Waals surface area contributed by atoms with Gasteiger partial charge in [-0.05, 0) is 82.4 Å². The number of nitrogens with one attached hydrogen (secondary N) is 2. The SMILES string of the molecule is Cc1cccc(Sc2cc(-c3cnn([C@H]4CCCNC4)c3)cn3c2c(C#N)c[n+]3-c2cnc(Sc3cc(-c4cnn([C@H]5CCCNC5)c4)cn4ncc(C#N)c34)c(C)c2)n1. The van der Waals surface area contributed by atoms with E-state index in [1.165, 1.54) is 11.8 Å². The van der Waals surface area contributed by atoms with Crippen LogP contribution in [-0.2, 0) is 0 Å². The van der Waals surface area contributed by atoms with Crippen LogP contribution in [0.3, 0.4) is 0 Å². The first-order valence-corrected chi connectivity index (χ1v) is 21.7. The van der Waals surface area contributed by atoms with Crippen LogP contribution in [0.4, 0.5) is 0 Å². The lowest BCUT2D eigenvalue weighted by atomic mass is 10.1. The Bertz CT molecular complexity index is 2990. The molecule has 8 aromatic heterocycles. The summed E-state index contributed by atoms with van der Waals surface area (Å²) in [4.78, 5) is 11.6. The molecule has 10 rings (SSSR count). The lowest BCUT2D eigenvalue weighted by molar-refractivity contribution is -0.667. The van der Waals surface area contributed by atoms with Gasteiger partial charge in [0.25, 0.3) is 5.69 Å². The highest BCUT2D eigenvalue weighted by Gasteiger charge is 2.26. The van der Waals surface area contributed by atoms with Crippen LogP contribution in [-0.4, -0.2) is 69.8 Å². The topological polar surface area (TPSA) is 159 Å². The molecular formula is C44H41N14S2+. The Hall–Kier alpha value is -6.30. The van der Waals surface area contributed by atoms with Crippen molar-refractivity contribution in [2.45, 2.75) is 71.5 Å². The van der Waals surface area contributed by atoms with Crippen LogP contribution in [0.5, 0.6) is 0 Å². The predicted octanol–water partition coefficient (Wildman–Crippen LogP) is 6.89. The van der Waals surface area contributed by atoms with Crippen molar-refractivity contribution >= 4 is 34.6 Å². The van der Waals surface area contributed by atoms with E-state index in [0.29, 0.717) is 23.2 Å². The zero-order chi connectivity index (χ0) is 40.7. The van der Waals surface area contributed by atoms with E-state index in [0.717, 1.165) is 122 Å². The summed E-state index contributed by atoms with van der Waals surface area (Å²) in [6.07, 6.45) is 21.8. The second-order valence-corrected chi connectivity index (χ2v) is 17.5. The average molecular weight is 830 g/mol. The number of pyridine rings is 4. The molecule has 2 N–H and O–H groups in total. The molecule has 0 unspecified atom stereocenters. The summed E-state index contributed by atoms with van der Waals surface area (Å²) < 4.78 is 9.93. The summed E-state index contributed by atoms with van der Waals surface area (Å²) in [7, 11) is 0. The number of piperidine rings is 2. The molecule has 298 valence electrons. The fourth-order valence-electron chi connectivity index (χ4n) is 8.21. The fraction of sp³-hybridized carbons (Fsp3) is 0.273. The van der Waals surface area contributed by atoms with Crippen molar-refractivity contribution in [3.8, 4) is 40.1 Å². The smallest absolute Gasteiger partial charge is 0.254 e. The summed E-state index contributed by atoms with van der Waals surface area (Å²) in [6, 6.07) is 17.7. The van der Waals surface area contributed by atoms with E-state index in [2.05, 4.69) is 74.0 Å². The van der Waals surface area contributed by atoms with Gasteiger partial charge in [0, 0.05) is 75.5 Å². The van der Waals surface area contributed by atoms with Crippen LogP contribution in [0, 0.1) is 36.5 Å². The molecule has 0 aliphatic carbocycles. The minimum atomic E-state index is 0.302. The monoisotopic (exact) mass is 829 g/mol. The van der Waals surface area contributed by atoms with Crippen molar-refractivity contribution in [3.63, 3.8) is 0 Å². The first-order chi connectivity index (χ1) is 29.4. The van der Waals surface area contributed by atoms with Crippen molar-refractivity contribution in [1.82, 2.24) is 54.3 Å². The van der Waals surface area contributed by atoms with Crippen LogP contribution < -0.4 is 15.3 Å². The van der Waals surface area contributed by atoms with E-state index in [9.17, 15) is 10.5 Å². The van der Waals surface area contributed by atoms with E-state index in [-0.39, 0.29) is 0 Å². The number of aromatic nitrogens is 10. The predicted molar refractivity (Wildman–Crippen MR) is 228 cm³/mol. The van der Waals surface area contributed by atoms with Gasteiger partial charge in [-0.3, -0.25) is 9.36 Å². The van der Waals surface area contributed by atoms with Gasteiger partial charge in [0.05, 0.1) is 48.0 Å². The lowest BCUT2D eigenvalue weighted by Crippen LogP contribution is -2.36. The van der Waals surface area contributed by atoms with Gasteiger partial charge < -0.3 is 10.6 Å². The molecule has 2 aliphatic heterocycles. The molecule has 2 saturated heterocycles. The van der Waals surface area contributed by atoms with Crippen LogP contribution in [0.15, 0.2) is 112 Å². The highest BCUT2D eigenvalue weighted by atomic mass is 32.2. The van der Waals surface area contributed by atoms with E-state index < -0.39 is 0 Å². The Morgan fingerprint density at radius 3 is 2.05 bits per heavy atom. The summed E-state index contributed by atoms with van der Waals surface area (Å²) in [5, 5.41) is 43.3. The third-order valence-corrected chi connectivity index (χ3v) is 13.4. The van der Waals surface area contributed by atoms with Gasteiger partial charge in [-0.2, -0.15) is 25.8 Å². The van der Waals surface area contributed by atoms with Crippen LogP contribution in [0.1, 0.15) is 60.2 Å². The molecule has 0 amide bonds. The largest absolute Gasteiger partial charge is 0.315 e.